The van der Waals surface area contributed by atoms with E-state index in [9.17, 15) is 4.79 Å². The number of para-hydroxylation sites is 1. The molecule has 0 aliphatic heterocycles. The molecule has 5 heteroatoms. The van der Waals surface area contributed by atoms with Gasteiger partial charge in [0, 0.05) is 13.2 Å². The van der Waals surface area contributed by atoms with Crippen molar-refractivity contribution in [1.29, 1.82) is 5.26 Å². The van der Waals surface area contributed by atoms with E-state index in [4.69, 9.17) is 15.1 Å². The second-order valence-electron chi connectivity index (χ2n) is 4.90. The van der Waals surface area contributed by atoms with Crippen molar-refractivity contribution in [2.75, 3.05) is 13.2 Å². The number of aliphatic hydroxyl groups excluding tert-OH is 1. The minimum atomic E-state index is -0.675. The number of ether oxygens (including phenoxy) is 1. The molecule has 114 valence electrons. The molecule has 2 unspecified atom stereocenters. The fourth-order valence-electron chi connectivity index (χ4n) is 1.93. The fourth-order valence-corrected chi connectivity index (χ4v) is 1.93. The van der Waals surface area contributed by atoms with Crippen LogP contribution >= 0.6 is 0 Å². The monoisotopic (exact) mass is 290 g/mol. The largest absolute Gasteiger partial charge is 0.480 e. The van der Waals surface area contributed by atoms with Crippen molar-refractivity contribution < 1.29 is 14.6 Å². The van der Waals surface area contributed by atoms with Crippen LogP contribution in [0.4, 0.5) is 0 Å². The first-order chi connectivity index (χ1) is 10.1. The van der Waals surface area contributed by atoms with Gasteiger partial charge in [-0.1, -0.05) is 25.5 Å². The van der Waals surface area contributed by atoms with Gasteiger partial charge in [-0.25, -0.2) is 0 Å². The van der Waals surface area contributed by atoms with Crippen LogP contribution < -0.4 is 10.1 Å². The Morgan fingerprint density at radius 3 is 2.81 bits per heavy atom. The second-order valence-corrected chi connectivity index (χ2v) is 4.90. The normalized spacial score (nSPS) is 13.0. The van der Waals surface area contributed by atoms with Gasteiger partial charge in [0.15, 0.2) is 6.10 Å². The molecular formula is C16H22N2O3. The quantitative estimate of drug-likeness (QED) is 0.765. The Balaban J connectivity index is 2.53. The molecule has 0 aliphatic rings. The van der Waals surface area contributed by atoms with E-state index >= 15 is 0 Å². The summed E-state index contributed by atoms with van der Waals surface area (Å²) in [5.41, 5.74) is 0.406. The lowest BCUT2D eigenvalue weighted by Crippen LogP contribution is -2.39. The topological polar surface area (TPSA) is 82.3 Å². The van der Waals surface area contributed by atoms with E-state index in [1.807, 2.05) is 13.0 Å². The van der Waals surface area contributed by atoms with Gasteiger partial charge in [-0.2, -0.15) is 5.26 Å². The van der Waals surface area contributed by atoms with Crippen molar-refractivity contribution in [1.82, 2.24) is 5.32 Å². The molecule has 1 rings (SSSR count). The number of nitrogens with zero attached hydrogens (tertiary/aromatic N) is 1. The summed E-state index contributed by atoms with van der Waals surface area (Å²) < 4.78 is 5.54. The number of hydrogen-bond donors (Lipinski definition) is 2. The van der Waals surface area contributed by atoms with Crippen LogP contribution in [0.3, 0.4) is 0 Å². The van der Waals surface area contributed by atoms with Crippen molar-refractivity contribution in [3.8, 4) is 11.8 Å². The summed E-state index contributed by atoms with van der Waals surface area (Å²) in [6, 6.07) is 8.85. The summed E-state index contributed by atoms with van der Waals surface area (Å²) in [5, 5.41) is 20.7. The number of hydrogen-bond acceptors (Lipinski definition) is 4. The van der Waals surface area contributed by atoms with E-state index in [-0.39, 0.29) is 18.4 Å². The summed E-state index contributed by atoms with van der Waals surface area (Å²) in [7, 11) is 0. The zero-order valence-corrected chi connectivity index (χ0v) is 12.5. The molecule has 1 amide bonds. The SMILES string of the molecule is CCC(CCO)CNC(=O)C(C)Oc1ccccc1C#N. The van der Waals surface area contributed by atoms with E-state index in [1.54, 1.807) is 31.2 Å². The lowest BCUT2D eigenvalue weighted by molar-refractivity contribution is -0.127. The lowest BCUT2D eigenvalue weighted by Gasteiger charge is -2.18. The minimum Gasteiger partial charge on any atom is -0.480 e. The number of rotatable bonds is 8. The molecule has 0 saturated carbocycles. The van der Waals surface area contributed by atoms with Crippen molar-refractivity contribution in [2.45, 2.75) is 32.8 Å². The third kappa shape index (κ3) is 5.44. The Labute approximate surface area is 125 Å². The van der Waals surface area contributed by atoms with Crippen LogP contribution in [0.15, 0.2) is 24.3 Å². The number of carbonyl (C=O) groups excluding carboxylic acids is 1. The van der Waals surface area contributed by atoms with E-state index in [2.05, 4.69) is 5.32 Å². The fraction of sp³-hybridized carbons (Fsp3) is 0.500. The van der Waals surface area contributed by atoms with Gasteiger partial charge in [0.25, 0.3) is 5.91 Å². The van der Waals surface area contributed by atoms with Gasteiger partial charge in [0.1, 0.15) is 11.8 Å². The average Bonchev–Trinajstić information content (AvgIpc) is 2.51. The van der Waals surface area contributed by atoms with Crippen LogP contribution in [-0.2, 0) is 4.79 Å². The maximum atomic E-state index is 12.0. The predicted octanol–water partition coefficient (Wildman–Crippen LogP) is 1.85. The van der Waals surface area contributed by atoms with E-state index < -0.39 is 6.10 Å². The van der Waals surface area contributed by atoms with Crippen LogP contribution in [0.5, 0.6) is 5.75 Å². The molecule has 5 nitrogen and oxygen atoms in total. The molecule has 2 N–H and O–H groups in total. The Kier molecular flexibility index (Phi) is 7.27. The summed E-state index contributed by atoms with van der Waals surface area (Å²) in [6.45, 7) is 4.31. The first-order valence-electron chi connectivity index (χ1n) is 7.16. The molecular weight excluding hydrogens is 268 g/mol. The number of amides is 1. The van der Waals surface area contributed by atoms with E-state index in [0.29, 0.717) is 24.3 Å². The van der Waals surface area contributed by atoms with Gasteiger partial charge in [0.2, 0.25) is 0 Å². The highest BCUT2D eigenvalue weighted by Gasteiger charge is 2.17. The third-order valence-electron chi connectivity index (χ3n) is 3.36. The van der Waals surface area contributed by atoms with Gasteiger partial charge >= 0.3 is 0 Å². The minimum absolute atomic E-state index is 0.121. The van der Waals surface area contributed by atoms with Gasteiger partial charge in [-0.15, -0.1) is 0 Å². The van der Waals surface area contributed by atoms with Crippen molar-refractivity contribution in [2.24, 2.45) is 5.92 Å². The molecule has 0 heterocycles. The van der Waals surface area contributed by atoms with Crippen molar-refractivity contribution in [3.05, 3.63) is 29.8 Å². The van der Waals surface area contributed by atoms with Crippen LogP contribution in [0.25, 0.3) is 0 Å². The van der Waals surface area contributed by atoms with Crippen molar-refractivity contribution >= 4 is 5.91 Å². The number of nitriles is 1. The Morgan fingerprint density at radius 1 is 1.48 bits per heavy atom. The summed E-state index contributed by atoms with van der Waals surface area (Å²) in [6.07, 6.45) is 0.891. The Hall–Kier alpha value is -2.06. The van der Waals surface area contributed by atoms with Crippen LogP contribution in [-0.4, -0.2) is 30.3 Å². The van der Waals surface area contributed by atoms with Gasteiger partial charge < -0.3 is 15.2 Å². The zero-order chi connectivity index (χ0) is 15.7. The molecule has 21 heavy (non-hydrogen) atoms. The predicted molar refractivity (Wildman–Crippen MR) is 79.7 cm³/mol. The number of carbonyl (C=O) groups is 1. The highest BCUT2D eigenvalue weighted by molar-refractivity contribution is 5.80. The highest BCUT2D eigenvalue weighted by Crippen LogP contribution is 2.18. The first kappa shape index (κ1) is 17.0. The molecule has 0 fully saturated rings. The van der Waals surface area contributed by atoms with E-state index in [0.717, 1.165) is 6.42 Å². The van der Waals surface area contributed by atoms with Crippen LogP contribution in [0.2, 0.25) is 0 Å². The number of aliphatic hydroxyl groups is 1. The number of benzene rings is 1. The Morgan fingerprint density at radius 2 is 2.19 bits per heavy atom. The van der Waals surface area contributed by atoms with Crippen LogP contribution in [0, 0.1) is 17.2 Å². The smallest absolute Gasteiger partial charge is 0.260 e. The highest BCUT2D eigenvalue weighted by atomic mass is 16.5. The summed E-state index contributed by atoms with van der Waals surface area (Å²) in [5.74, 6) is 0.446. The standard InChI is InChI=1S/C16H22N2O3/c1-3-13(8-9-19)11-18-16(20)12(2)21-15-7-5-4-6-14(15)10-17/h4-7,12-13,19H,3,8-9,11H2,1-2H3,(H,18,20). The molecule has 2 atom stereocenters. The Bertz CT molecular complexity index is 497. The average molecular weight is 290 g/mol. The molecule has 0 aliphatic carbocycles. The number of nitrogens with one attached hydrogen (secondary N) is 1. The molecule has 0 bridgehead atoms. The summed E-state index contributed by atoms with van der Waals surface area (Å²) >= 11 is 0. The molecule has 0 aromatic heterocycles. The maximum absolute atomic E-state index is 12.0. The first-order valence-corrected chi connectivity index (χ1v) is 7.16. The summed E-state index contributed by atoms with van der Waals surface area (Å²) in [4.78, 5) is 12.0. The third-order valence-corrected chi connectivity index (χ3v) is 3.36. The van der Waals surface area contributed by atoms with Gasteiger partial charge in [0.05, 0.1) is 5.56 Å². The molecule has 0 spiro atoms. The maximum Gasteiger partial charge on any atom is 0.260 e. The molecule has 0 radical (unpaired) electrons. The van der Waals surface area contributed by atoms with E-state index in [1.165, 1.54) is 0 Å². The van der Waals surface area contributed by atoms with Crippen LogP contribution in [0.1, 0.15) is 32.3 Å². The molecule has 0 saturated heterocycles. The molecule has 1 aromatic carbocycles. The second kappa shape index (κ2) is 8.98. The van der Waals surface area contributed by atoms with Gasteiger partial charge in [-0.3, -0.25) is 4.79 Å². The zero-order valence-electron chi connectivity index (χ0n) is 12.5. The lowest BCUT2D eigenvalue weighted by atomic mass is 10.0. The molecule has 1 aromatic rings. The van der Waals surface area contributed by atoms with Gasteiger partial charge in [-0.05, 0) is 31.4 Å². The van der Waals surface area contributed by atoms with Crippen molar-refractivity contribution in [3.63, 3.8) is 0 Å².